The smallest absolute Gasteiger partial charge is 0.211 e. The summed E-state index contributed by atoms with van der Waals surface area (Å²) >= 11 is -1.11. The van der Waals surface area contributed by atoms with E-state index < -0.39 is 16.1 Å². The van der Waals surface area contributed by atoms with Crippen LogP contribution in [0.15, 0.2) is 30.9 Å². The van der Waals surface area contributed by atoms with Crippen molar-refractivity contribution in [2.24, 2.45) is 5.41 Å². The Labute approximate surface area is 179 Å². The molecule has 1 N–H and O–H groups in total. The third-order valence-corrected chi connectivity index (χ3v) is 9.05. The maximum atomic E-state index is 13.1. The van der Waals surface area contributed by atoms with Crippen LogP contribution in [0.2, 0.25) is 0 Å². The number of nitrogens with one attached hydrogen (secondary N) is 1. The number of aromatic nitrogens is 4. The first-order valence-electron chi connectivity index (χ1n) is 10.6. The highest BCUT2D eigenvalue weighted by molar-refractivity contribution is 7.90. The molecule has 0 bridgehead atoms. The minimum atomic E-state index is -1.11. The van der Waals surface area contributed by atoms with Crippen LogP contribution >= 0.6 is 0 Å². The number of nitrogens with zero attached hydrogens (tertiary/aromatic N) is 5. The lowest BCUT2D eigenvalue weighted by molar-refractivity contribution is 0.172. The average molecular weight is 423 g/mol. The first kappa shape index (κ1) is 18.6. The maximum absolute atomic E-state index is 13.1. The van der Waals surface area contributed by atoms with Crippen LogP contribution < -0.4 is 9.62 Å². The Morgan fingerprint density at radius 3 is 2.77 bits per heavy atom. The Kier molecular flexibility index (Phi) is 3.83. The number of aryl methyl sites for hydroxylation is 1. The summed E-state index contributed by atoms with van der Waals surface area (Å²) < 4.78 is 18.3. The van der Waals surface area contributed by atoms with Crippen LogP contribution in [0.25, 0.3) is 5.65 Å². The van der Waals surface area contributed by atoms with Crippen LogP contribution in [0, 0.1) is 12.3 Å². The second-order valence-electron chi connectivity index (χ2n) is 9.44. The molecular formula is C22H26N6OS. The number of imidazole rings is 1. The molecule has 7 nitrogen and oxygen atoms in total. The highest BCUT2D eigenvalue weighted by atomic mass is 32.2. The van der Waals surface area contributed by atoms with E-state index in [-0.39, 0.29) is 11.5 Å². The van der Waals surface area contributed by atoms with E-state index in [0.717, 1.165) is 49.5 Å². The Bertz CT molecular complexity index is 1150. The van der Waals surface area contributed by atoms with E-state index in [2.05, 4.69) is 38.9 Å². The van der Waals surface area contributed by atoms with Crippen LogP contribution in [0.3, 0.4) is 0 Å². The van der Waals surface area contributed by atoms with Gasteiger partial charge in [-0.05, 0) is 46.1 Å². The zero-order valence-corrected chi connectivity index (χ0v) is 18.4. The molecule has 0 saturated carbocycles. The number of piperidine rings is 1. The molecule has 30 heavy (non-hydrogen) atoms. The Hall–Kier alpha value is -2.16. The van der Waals surface area contributed by atoms with E-state index in [4.69, 9.17) is 9.97 Å². The van der Waals surface area contributed by atoms with Crippen molar-refractivity contribution < 1.29 is 4.55 Å². The fourth-order valence-electron chi connectivity index (χ4n) is 5.67. The topological polar surface area (TPSA) is 81.4 Å². The van der Waals surface area contributed by atoms with Crippen molar-refractivity contribution in [3.63, 3.8) is 0 Å². The Morgan fingerprint density at radius 2 is 1.97 bits per heavy atom. The zero-order valence-electron chi connectivity index (χ0n) is 17.6. The van der Waals surface area contributed by atoms with Crippen LogP contribution in [0.4, 0.5) is 5.95 Å². The summed E-state index contributed by atoms with van der Waals surface area (Å²) in [6, 6.07) is 2.19. The predicted molar refractivity (Wildman–Crippen MR) is 117 cm³/mol. The van der Waals surface area contributed by atoms with Gasteiger partial charge in [-0.1, -0.05) is 0 Å². The fourth-order valence-corrected chi connectivity index (χ4v) is 6.92. The van der Waals surface area contributed by atoms with E-state index in [1.54, 1.807) is 0 Å². The lowest BCUT2D eigenvalue weighted by Gasteiger charge is -2.46. The van der Waals surface area contributed by atoms with Crippen molar-refractivity contribution in [2.75, 3.05) is 18.0 Å². The van der Waals surface area contributed by atoms with Gasteiger partial charge in [0.1, 0.15) is 5.65 Å². The highest BCUT2D eigenvalue weighted by Crippen LogP contribution is 2.57. The number of hydrogen-bond acceptors (Lipinski definition) is 6. The largest absolute Gasteiger partial charge is 0.597 e. The molecule has 3 aliphatic rings. The summed E-state index contributed by atoms with van der Waals surface area (Å²) in [4.78, 5) is 16.3. The van der Waals surface area contributed by atoms with Gasteiger partial charge in [-0.2, -0.15) is 0 Å². The van der Waals surface area contributed by atoms with Crippen LogP contribution in [0.5, 0.6) is 0 Å². The molecule has 0 unspecified atom stereocenters. The molecule has 156 valence electrons. The molecule has 3 aromatic rings. The monoisotopic (exact) mass is 422 g/mol. The van der Waals surface area contributed by atoms with Gasteiger partial charge in [0.25, 0.3) is 0 Å². The summed E-state index contributed by atoms with van der Waals surface area (Å²) in [6.07, 6.45) is 10.6. The summed E-state index contributed by atoms with van der Waals surface area (Å²) in [5.74, 6) is 0.957. The standard InChI is InChI=1S/C22H26N6OS/c1-14-13-25-20(28-11-8-24-19(14)28)27-9-5-22(6-10-27)12-16-17-15(4-7-23-16)21(2,3)30(29)26-18(17)22/h4,7-8,11,13,18,26H,5-6,9-10,12H2,1-3H3/t18-,30-/m1/s1. The second-order valence-corrected chi connectivity index (χ2v) is 11.2. The second kappa shape index (κ2) is 6.18. The molecule has 2 atom stereocenters. The first-order valence-corrected chi connectivity index (χ1v) is 11.8. The van der Waals surface area contributed by atoms with E-state index in [9.17, 15) is 4.55 Å². The lowest BCUT2D eigenvalue weighted by atomic mass is 9.72. The molecule has 1 spiro atoms. The van der Waals surface area contributed by atoms with Crippen molar-refractivity contribution >= 4 is 23.0 Å². The normalized spacial score (nSPS) is 26.3. The highest BCUT2D eigenvalue weighted by Gasteiger charge is 2.57. The van der Waals surface area contributed by atoms with Gasteiger partial charge in [0.2, 0.25) is 5.95 Å². The van der Waals surface area contributed by atoms with E-state index >= 15 is 0 Å². The molecule has 5 heterocycles. The van der Waals surface area contributed by atoms with Crippen LogP contribution in [-0.4, -0.2) is 37.0 Å². The van der Waals surface area contributed by atoms with Gasteiger partial charge in [-0.15, -0.1) is 4.72 Å². The van der Waals surface area contributed by atoms with Crippen molar-refractivity contribution in [3.8, 4) is 0 Å². The number of hydrogen-bond donors (Lipinski definition) is 1. The van der Waals surface area contributed by atoms with Gasteiger partial charge >= 0.3 is 0 Å². The molecule has 8 heteroatoms. The summed E-state index contributed by atoms with van der Waals surface area (Å²) in [7, 11) is 0. The van der Waals surface area contributed by atoms with Gasteiger partial charge in [-0.3, -0.25) is 9.38 Å². The van der Waals surface area contributed by atoms with Crippen molar-refractivity contribution in [1.29, 1.82) is 0 Å². The molecule has 1 saturated heterocycles. The van der Waals surface area contributed by atoms with Crippen molar-refractivity contribution in [2.45, 2.75) is 50.8 Å². The summed E-state index contributed by atoms with van der Waals surface area (Å²) in [6.45, 7) is 8.01. The average Bonchev–Trinajstić information content (AvgIpc) is 3.33. The van der Waals surface area contributed by atoms with Gasteiger partial charge in [0, 0.05) is 77.0 Å². The molecule has 6 rings (SSSR count). The van der Waals surface area contributed by atoms with Crippen molar-refractivity contribution in [1.82, 2.24) is 24.1 Å². The first-order chi connectivity index (χ1) is 14.4. The Morgan fingerprint density at radius 1 is 1.17 bits per heavy atom. The number of fused-ring (bicyclic) bond motifs is 2. The molecule has 0 amide bonds. The minimum absolute atomic E-state index is 0.0623. The molecule has 0 radical (unpaired) electrons. The zero-order chi connectivity index (χ0) is 20.7. The number of pyridine rings is 1. The quantitative estimate of drug-likeness (QED) is 0.608. The van der Waals surface area contributed by atoms with E-state index in [1.165, 1.54) is 16.8 Å². The van der Waals surface area contributed by atoms with Gasteiger partial charge in [-0.25, -0.2) is 9.97 Å². The molecule has 3 aromatic heterocycles. The minimum Gasteiger partial charge on any atom is -0.597 e. The van der Waals surface area contributed by atoms with E-state index in [0.29, 0.717) is 0 Å². The predicted octanol–water partition coefficient (Wildman–Crippen LogP) is 2.82. The molecule has 1 aliphatic carbocycles. The van der Waals surface area contributed by atoms with Gasteiger partial charge in [0.15, 0.2) is 4.75 Å². The molecule has 0 aromatic carbocycles. The fraction of sp³-hybridized carbons (Fsp3) is 0.500. The maximum Gasteiger partial charge on any atom is 0.211 e. The van der Waals surface area contributed by atoms with Gasteiger partial charge in [0.05, 0.1) is 6.04 Å². The van der Waals surface area contributed by atoms with Crippen molar-refractivity contribution in [3.05, 3.63) is 53.2 Å². The molecule has 1 fully saturated rings. The summed E-state index contributed by atoms with van der Waals surface area (Å²) in [5, 5.41) is 0. The Balaban J connectivity index is 1.33. The molecular weight excluding hydrogens is 396 g/mol. The van der Waals surface area contributed by atoms with E-state index in [1.807, 2.05) is 31.7 Å². The lowest BCUT2D eigenvalue weighted by Crippen LogP contribution is -2.53. The van der Waals surface area contributed by atoms with Gasteiger partial charge < -0.3 is 9.45 Å². The van der Waals surface area contributed by atoms with Crippen LogP contribution in [-0.2, 0) is 22.5 Å². The number of rotatable bonds is 1. The SMILES string of the molecule is Cc1cnc(N2CCC3(CC2)Cc2nccc4c2[C@H]3N[S@+]([O-])C4(C)C)n2ccnc12. The number of anilines is 1. The van der Waals surface area contributed by atoms with Crippen LogP contribution in [0.1, 0.15) is 55.1 Å². The third-order valence-electron chi connectivity index (χ3n) is 7.45. The third kappa shape index (κ3) is 2.38. The molecule has 2 aliphatic heterocycles. The summed E-state index contributed by atoms with van der Waals surface area (Å²) in [5.41, 5.74) is 5.81.